The summed E-state index contributed by atoms with van der Waals surface area (Å²) in [6, 6.07) is 68.6. The van der Waals surface area contributed by atoms with Crippen LogP contribution in [0.1, 0.15) is 0 Å². The van der Waals surface area contributed by atoms with Crippen molar-refractivity contribution >= 4 is 80.1 Å². The molecule has 51 heavy (non-hydrogen) atoms. The topological polar surface area (TPSA) is 3.24 Å². The van der Waals surface area contributed by atoms with Gasteiger partial charge in [-0.05, 0) is 81.9 Å². The molecule has 2 aromatic heterocycles. The normalized spacial score (nSPS) is 11.5. The SMILES string of the molecule is c1ccc(-c2ccc(-c3ccc(N(c4ccc5sc6ccccc6c5c4)c4ccc(-c5ccccc5)c5c4sc4ccccc45)cc3)cc2)cc1. The Morgan fingerprint density at radius 1 is 0.333 bits per heavy atom. The van der Waals surface area contributed by atoms with Crippen molar-refractivity contribution in [3.63, 3.8) is 0 Å². The minimum atomic E-state index is 1.13. The quantitative estimate of drug-likeness (QED) is 0.168. The lowest BCUT2D eigenvalue weighted by molar-refractivity contribution is 1.31. The van der Waals surface area contributed by atoms with E-state index in [0.717, 1.165) is 11.4 Å². The van der Waals surface area contributed by atoms with Gasteiger partial charge in [0, 0.05) is 47.0 Å². The Morgan fingerprint density at radius 2 is 0.843 bits per heavy atom. The maximum atomic E-state index is 2.46. The molecule has 0 bridgehead atoms. The predicted octanol–water partition coefficient (Wildman–Crippen LogP) is 14.9. The molecule has 2 heterocycles. The van der Waals surface area contributed by atoms with Crippen LogP contribution in [0.15, 0.2) is 188 Å². The summed E-state index contributed by atoms with van der Waals surface area (Å²) in [5.74, 6) is 0. The van der Waals surface area contributed by atoms with Gasteiger partial charge in [0.15, 0.2) is 0 Å². The van der Waals surface area contributed by atoms with Gasteiger partial charge in [-0.25, -0.2) is 0 Å². The lowest BCUT2D eigenvalue weighted by Gasteiger charge is -2.27. The number of thiophene rings is 2. The van der Waals surface area contributed by atoms with Crippen LogP contribution in [-0.2, 0) is 0 Å². The Balaban J connectivity index is 1.16. The summed E-state index contributed by atoms with van der Waals surface area (Å²) in [7, 11) is 0. The van der Waals surface area contributed by atoms with E-state index in [1.54, 1.807) is 0 Å². The Bertz CT molecular complexity index is 2830. The number of benzene rings is 8. The first kappa shape index (κ1) is 29.9. The molecule has 0 saturated carbocycles. The van der Waals surface area contributed by atoms with Crippen molar-refractivity contribution in [1.82, 2.24) is 0 Å². The molecule has 0 N–H and O–H groups in total. The standard InChI is InChI=1S/C48H31NS2/c1-3-11-32(12-4-1)33-19-21-34(22-20-33)35-23-25-37(26-24-35)49(38-27-30-46-42(31-38)40-15-7-9-17-44(40)50-46)43-29-28-39(36-13-5-2-6-14-36)47-41-16-8-10-18-45(41)51-48(43)47/h1-31H. The van der Waals surface area contributed by atoms with E-state index in [1.807, 2.05) is 22.7 Å². The molecule has 0 saturated heterocycles. The number of hydrogen-bond donors (Lipinski definition) is 0. The van der Waals surface area contributed by atoms with Gasteiger partial charge >= 0.3 is 0 Å². The Kier molecular flexibility index (Phi) is 7.26. The average Bonchev–Trinajstić information content (AvgIpc) is 3.78. The molecular weight excluding hydrogens is 655 g/mol. The summed E-state index contributed by atoms with van der Waals surface area (Å²) in [4.78, 5) is 2.46. The zero-order valence-corrected chi connectivity index (χ0v) is 29.3. The minimum Gasteiger partial charge on any atom is -0.309 e. The molecule has 10 aromatic rings. The predicted molar refractivity (Wildman–Crippen MR) is 223 cm³/mol. The highest BCUT2D eigenvalue weighted by Gasteiger charge is 2.21. The van der Waals surface area contributed by atoms with Gasteiger partial charge in [-0.2, -0.15) is 0 Å². The monoisotopic (exact) mass is 685 g/mol. The summed E-state index contributed by atoms with van der Waals surface area (Å²) in [5.41, 5.74) is 10.8. The van der Waals surface area contributed by atoms with Gasteiger partial charge in [0.05, 0.1) is 10.4 Å². The summed E-state index contributed by atoms with van der Waals surface area (Å²) in [6.07, 6.45) is 0. The van der Waals surface area contributed by atoms with E-state index >= 15 is 0 Å². The number of hydrogen-bond acceptors (Lipinski definition) is 3. The second-order valence-electron chi connectivity index (χ2n) is 12.9. The number of nitrogens with zero attached hydrogens (tertiary/aromatic N) is 1. The first-order chi connectivity index (χ1) is 25.3. The van der Waals surface area contributed by atoms with Gasteiger partial charge in [-0.15, -0.1) is 22.7 Å². The third-order valence-corrected chi connectivity index (χ3v) is 12.2. The van der Waals surface area contributed by atoms with Gasteiger partial charge in [0.2, 0.25) is 0 Å². The molecule has 0 fully saturated rings. The van der Waals surface area contributed by atoms with Crippen LogP contribution in [-0.4, -0.2) is 0 Å². The summed E-state index contributed by atoms with van der Waals surface area (Å²) < 4.78 is 5.21. The Hall–Kier alpha value is -6.00. The van der Waals surface area contributed by atoms with Crippen molar-refractivity contribution in [3.05, 3.63) is 188 Å². The van der Waals surface area contributed by atoms with Crippen molar-refractivity contribution in [2.45, 2.75) is 0 Å². The van der Waals surface area contributed by atoms with Crippen LogP contribution in [0.25, 0.3) is 73.7 Å². The fourth-order valence-electron chi connectivity index (χ4n) is 7.42. The van der Waals surface area contributed by atoms with Gasteiger partial charge in [0.25, 0.3) is 0 Å². The van der Waals surface area contributed by atoms with Crippen molar-refractivity contribution in [1.29, 1.82) is 0 Å². The molecule has 0 aliphatic rings. The third kappa shape index (κ3) is 5.21. The van der Waals surface area contributed by atoms with Crippen LogP contribution in [0.4, 0.5) is 17.1 Å². The highest BCUT2D eigenvalue weighted by atomic mass is 32.1. The van der Waals surface area contributed by atoms with Crippen LogP contribution < -0.4 is 4.90 Å². The number of rotatable bonds is 6. The number of anilines is 3. The molecule has 0 aliphatic heterocycles. The first-order valence-electron chi connectivity index (χ1n) is 17.3. The van der Waals surface area contributed by atoms with E-state index in [0.29, 0.717) is 0 Å². The third-order valence-electron chi connectivity index (χ3n) is 9.90. The van der Waals surface area contributed by atoms with Gasteiger partial charge in [0.1, 0.15) is 0 Å². The summed E-state index contributed by atoms with van der Waals surface area (Å²) in [5, 5.41) is 5.20. The van der Waals surface area contributed by atoms with Crippen LogP contribution in [0.5, 0.6) is 0 Å². The summed E-state index contributed by atoms with van der Waals surface area (Å²) in [6.45, 7) is 0. The zero-order valence-electron chi connectivity index (χ0n) is 27.7. The largest absolute Gasteiger partial charge is 0.309 e. The van der Waals surface area contributed by atoms with Crippen LogP contribution in [0.2, 0.25) is 0 Å². The van der Waals surface area contributed by atoms with Crippen molar-refractivity contribution < 1.29 is 0 Å². The van der Waals surface area contributed by atoms with Crippen LogP contribution in [0, 0.1) is 0 Å². The molecular formula is C48H31NS2. The van der Waals surface area contributed by atoms with E-state index in [9.17, 15) is 0 Å². The minimum absolute atomic E-state index is 1.13. The molecule has 3 heteroatoms. The molecule has 1 nitrogen and oxygen atoms in total. The van der Waals surface area contributed by atoms with Crippen LogP contribution in [0.3, 0.4) is 0 Å². The van der Waals surface area contributed by atoms with E-state index < -0.39 is 0 Å². The second-order valence-corrected chi connectivity index (χ2v) is 15.0. The average molecular weight is 686 g/mol. The van der Waals surface area contributed by atoms with Crippen molar-refractivity contribution in [2.75, 3.05) is 4.90 Å². The van der Waals surface area contributed by atoms with E-state index in [1.165, 1.54) is 79.4 Å². The van der Waals surface area contributed by atoms with Gasteiger partial charge in [-0.1, -0.05) is 140 Å². The number of fused-ring (bicyclic) bond motifs is 6. The maximum absolute atomic E-state index is 2.46. The highest BCUT2D eigenvalue weighted by molar-refractivity contribution is 7.26. The lowest BCUT2D eigenvalue weighted by Crippen LogP contribution is -2.10. The zero-order chi connectivity index (χ0) is 33.7. The summed E-state index contributed by atoms with van der Waals surface area (Å²) >= 11 is 3.74. The molecule has 10 rings (SSSR count). The first-order valence-corrected chi connectivity index (χ1v) is 18.9. The van der Waals surface area contributed by atoms with Gasteiger partial charge < -0.3 is 4.90 Å². The molecule has 0 atom stereocenters. The molecule has 0 radical (unpaired) electrons. The van der Waals surface area contributed by atoms with E-state index in [2.05, 4.69) is 193 Å². The molecule has 240 valence electrons. The Labute approximate surface area is 304 Å². The van der Waals surface area contributed by atoms with Crippen molar-refractivity contribution in [3.8, 4) is 33.4 Å². The molecule has 0 spiro atoms. The molecule has 0 amide bonds. The van der Waals surface area contributed by atoms with Crippen LogP contribution >= 0.6 is 22.7 Å². The fraction of sp³-hybridized carbons (Fsp3) is 0. The van der Waals surface area contributed by atoms with E-state index in [4.69, 9.17) is 0 Å². The van der Waals surface area contributed by atoms with Gasteiger partial charge in [-0.3, -0.25) is 0 Å². The second kappa shape index (κ2) is 12.4. The highest BCUT2D eigenvalue weighted by Crippen LogP contribution is 2.49. The molecule has 8 aromatic carbocycles. The Morgan fingerprint density at radius 3 is 1.53 bits per heavy atom. The maximum Gasteiger partial charge on any atom is 0.0640 e. The molecule has 0 unspecified atom stereocenters. The van der Waals surface area contributed by atoms with Crippen molar-refractivity contribution in [2.24, 2.45) is 0 Å². The smallest absolute Gasteiger partial charge is 0.0640 e. The van der Waals surface area contributed by atoms with E-state index in [-0.39, 0.29) is 0 Å². The lowest BCUT2D eigenvalue weighted by atomic mass is 9.98. The molecule has 0 aliphatic carbocycles. The fourth-order valence-corrected chi connectivity index (χ4v) is 9.74.